The number of urea groups is 1. The van der Waals surface area contributed by atoms with E-state index in [1.165, 1.54) is 19.4 Å². The van der Waals surface area contributed by atoms with Gasteiger partial charge in [-0.25, -0.2) is 9.59 Å². The van der Waals surface area contributed by atoms with Crippen molar-refractivity contribution in [1.29, 1.82) is 0 Å². The molecule has 2 rings (SSSR count). The van der Waals surface area contributed by atoms with E-state index in [0.29, 0.717) is 5.69 Å². The summed E-state index contributed by atoms with van der Waals surface area (Å²) in [5, 5.41) is 8.51. The first-order valence-electron chi connectivity index (χ1n) is 5.36. The van der Waals surface area contributed by atoms with Gasteiger partial charge in [-0.3, -0.25) is 5.32 Å². The van der Waals surface area contributed by atoms with Gasteiger partial charge < -0.3 is 14.6 Å². The summed E-state index contributed by atoms with van der Waals surface area (Å²) in [6.07, 6.45) is 1.33. The van der Waals surface area contributed by atoms with Crippen LogP contribution in [0.1, 0.15) is 10.4 Å². The molecule has 1 aromatic carbocycles. The summed E-state index contributed by atoms with van der Waals surface area (Å²) in [6, 6.07) is 7.47. The molecule has 0 bridgehead atoms. The van der Waals surface area contributed by atoms with Crippen molar-refractivity contribution in [1.82, 2.24) is 5.16 Å². The molecule has 2 N–H and O–H groups in total. The summed E-state index contributed by atoms with van der Waals surface area (Å²) in [7, 11) is 1.27. The highest BCUT2D eigenvalue weighted by molar-refractivity contribution is 6.04. The second-order valence-corrected chi connectivity index (χ2v) is 3.50. The number of nitrogens with zero attached hydrogens (tertiary/aromatic N) is 1. The van der Waals surface area contributed by atoms with Crippen LogP contribution in [-0.4, -0.2) is 24.3 Å². The highest BCUT2D eigenvalue weighted by atomic mass is 16.5. The molecule has 2 aromatic rings. The van der Waals surface area contributed by atoms with Gasteiger partial charge in [-0.1, -0.05) is 17.3 Å². The molecule has 2 amide bonds. The predicted molar refractivity (Wildman–Crippen MR) is 66.9 cm³/mol. The van der Waals surface area contributed by atoms with Crippen molar-refractivity contribution in [2.75, 3.05) is 17.7 Å². The topological polar surface area (TPSA) is 93.5 Å². The smallest absolute Gasteiger partial charge is 0.339 e. The maximum Gasteiger partial charge on any atom is 0.339 e. The van der Waals surface area contributed by atoms with E-state index in [4.69, 9.17) is 0 Å². The van der Waals surface area contributed by atoms with Crippen LogP contribution in [0.5, 0.6) is 0 Å². The van der Waals surface area contributed by atoms with Crippen LogP contribution < -0.4 is 10.6 Å². The fourth-order valence-corrected chi connectivity index (χ4v) is 1.43. The van der Waals surface area contributed by atoms with Gasteiger partial charge in [0.15, 0.2) is 5.82 Å². The van der Waals surface area contributed by atoms with Crippen LogP contribution in [0.4, 0.5) is 16.3 Å². The Bertz CT molecular complexity index is 580. The number of ether oxygens (including phenoxy) is 1. The van der Waals surface area contributed by atoms with Crippen LogP contribution in [0.2, 0.25) is 0 Å². The number of carbonyl (C=O) groups excluding carboxylic acids is 2. The summed E-state index contributed by atoms with van der Waals surface area (Å²) >= 11 is 0. The average Bonchev–Trinajstić information content (AvgIpc) is 2.91. The highest BCUT2D eigenvalue weighted by Crippen LogP contribution is 2.16. The Hall–Kier alpha value is -2.83. The number of nitrogens with one attached hydrogen (secondary N) is 2. The normalized spacial score (nSPS) is 9.74. The molecule has 0 spiro atoms. The number of benzene rings is 1. The molecule has 0 atom stereocenters. The monoisotopic (exact) mass is 261 g/mol. The molecule has 1 aromatic heterocycles. The number of methoxy groups -OCH3 is 1. The summed E-state index contributed by atoms with van der Waals surface area (Å²) < 4.78 is 9.20. The van der Waals surface area contributed by atoms with Crippen LogP contribution in [0.25, 0.3) is 0 Å². The van der Waals surface area contributed by atoms with E-state index in [9.17, 15) is 9.59 Å². The van der Waals surface area contributed by atoms with Crippen LogP contribution in [0, 0.1) is 0 Å². The highest BCUT2D eigenvalue weighted by Gasteiger charge is 2.13. The van der Waals surface area contributed by atoms with Crippen molar-refractivity contribution in [2.45, 2.75) is 0 Å². The molecule has 19 heavy (non-hydrogen) atoms. The van der Waals surface area contributed by atoms with E-state index in [1.807, 2.05) is 0 Å². The molecular weight excluding hydrogens is 250 g/mol. The molecule has 98 valence electrons. The molecule has 7 nitrogen and oxygen atoms in total. The molecule has 0 fully saturated rings. The van der Waals surface area contributed by atoms with Crippen molar-refractivity contribution in [3.63, 3.8) is 0 Å². The van der Waals surface area contributed by atoms with Crippen molar-refractivity contribution in [3.8, 4) is 0 Å². The second-order valence-electron chi connectivity index (χ2n) is 3.50. The molecular formula is C12H11N3O4. The third-order valence-corrected chi connectivity index (χ3v) is 2.26. The Kier molecular flexibility index (Phi) is 3.77. The van der Waals surface area contributed by atoms with Gasteiger partial charge in [0.25, 0.3) is 0 Å². The van der Waals surface area contributed by atoms with Crippen LogP contribution in [0.3, 0.4) is 0 Å². The largest absolute Gasteiger partial charge is 0.465 e. The number of carbonyl (C=O) groups is 2. The molecule has 0 aliphatic rings. The third-order valence-electron chi connectivity index (χ3n) is 2.26. The number of aromatic nitrogens is 1. The van der Waals surface area contributed by atoms with Crippen molar-refractivity contribution in [3.05, 3.63) is 42.2 Å². The molecule has 0 aliphatic carbocycles. The van der Waals surface area contributed by atoms with E-state index in [1.54, 1.807) is 24.3 Å². The molecule has 7 heteroatoms. The van der Waals surface area contributed by atoms with Gasteiger partial charge in [0.2, 0.25) is 0 Å². The van der Waals surface area contributed by atoms with E-state index < -0.39 is 12.0 Å². The zero-order valence-electron chi connectivity index (χ0n) is 10.0. The minimum Gasteiger partial charge on any atom is -0.465 e. The number of anilines is 2. The van der Waals surface area contributed by atoms with E-state index in [0.717, 1.165) is 0 Å². The lowest BCUT2D eigenvalue weighted by atomic mass is 10.2. The van der Waals surface area contributed by atoms with Gasteiger partial charge in [-0.05, 0) is 12.1 Å². The number of amides is 2. The number of hydrogen-bond acceptors (Lipinski definition) is 5. The molecule has 0 aliphatic heterocycles. The van der Waals surface area contributed by atoms with E-state index in [2.05, 4.69) is 25.1 Å². The molecule has 0 unspecified atom stereocenters. The van der Waals surface area contributed by atoms with Gasteiger partial charge in [0, 0.05) is 6.07 Å². The number of para-hydroxylation sites is 1. The number of hydrogen-bond donors (Lipinski definition) is 2. The van der Waals surface area contributed by atoms with Gasteiger partial charge in [0.05, 0.1) is 18.4 Å². The second kappa shape index (κ2) is 5.67. The van der Waals surface area contributed by atoms with E-state index in [-0.39, 0.29) is 11.4 Å². The molecule has 0 radical (unpaired) electrons. The minimum atomic E-state index is -0.537. The fraction of sp³-hybridized carbons (Fsp3) is 0.0833. The number of esters is 1. The molecule has 1 heterocycles. The third kappa shape index (κ3) is 3.09. The maximum absolute atomic E-state index is 11.7. The molecule has 0 saturated heterocycles. The van der Waals surface area contributed by atoms with E-state index >= 15 is 0 Å². The van der Waals surface area contributed by atoms with Crippen LogP contribution >= 0.6 is 0 Å². The SMILES string of the molecule is COC(=O)c1ccccc1NC(=O)Nc1ccon1. The first-order valence-corrected chi connectivity index (χ1v) is 5.36. The zero-order chi connectivity index (χ0) is 13.7. The number of rotatable bonds is 3. The van der Waals surface area contributed by atoms with Crippen LogP contribution in [0.15, 0.2) is 41.1 Å². The maximum atomic E-state index is 11.7. The lowest BCUT2D eigenvalue weighted by Gasteiger charge is -2.09. The first kappa shape index (κ1) is 12.6. The van der Waals surface area contributed by atoms with Gasteiger partial charge in [-0.15, -0.1) is 0 Å². The molecule has 0 saturated carbocycles. The Balaban J connectivity index is 2.10. The minimum absolute atomic E-state index is 0.264. The van der Waals surface area contributed by atoms with Crippen molar-refractivity contribution >= 4 is 23.5 Å². The van der Waals surface area contributed by atoms with Gasteiger partial charge in [0.1, 0.15) is 6.26 Å². The Morgan fingerprint density at radius 1 is 1.21 bits per heavy atom. The van der Waals surface area contributed by atoms with Gasteiger partial charge in [-0.2, -0.15) is 0 Å². The average molecular weight is 261 g/mol. The summed E-state index contributed by atoms with van der Waals surface area (Å²) in [5.74, 6) is -0.259. The Morgan fingerprint density at radius 3 is 2.68 bits per heavy atom. The zero-order valence-corrected chi connectivity index (χ0v) is 10.0. The summed E-state index contributed by atoms with van der Waals surface area (Å²) in [4.78, 5) is 23.2. The fourth-order valence-electron chi connectivity index (χ4n) is 1.43. The quantitative estimate of drug-likeness (QED) is 0.825. The Labute approximate surface area is 108 Å². The first-order chi connectivity index (χ1) is 9.20. The van der Waals surface area contributed by atoms with Crippen molar-refractivity contribution < 1.29 is 18.8 Å². The van der Waals surface area contributed by atoms with Crippen LogP contribution in [-0.2, 0) is 4.74 Å². The lowest BCUT2D eigenvalue weighted by molar-refractivity contribution is 0.0602. The predicted octanol–water partition coefficient (Wildman–Crippen LogP) is 2.11. The van der Waals surface area contributed by atoms with Gasteiger partial charge >= 0.3 is 12.0 Å². The summed E-state index contributed by atoms with van der Waals surface area (Å²) in [5.41, 5.74) is 0.607. The summed E-state index contributed by atoms with van der Waals surface area (Å²) in [6.45, 7) is 0. The lowest BCUT2D eigenvalue weighted by Crippen LogP contribution is -2.21. The Morgan fingerprint density at radius 2 is 2.00 bits per heavy atom. The van der Waals surface area contributed by atoms with Crippen molar-refractivity contribution in [2.24, 2.45) is 0 Å². The standard InChI is InChI=1S/C12H11N3O4/c1-18-11(16)8-4-2-3-5-9(8)13-12(17)14-10-6-7-19-15-10/h2-7H,1H3,(H2,13,14,15,17).